The fourth-order valence-corrected chi connectivity index (χ4v) is 3.20. The average molecular weight is 262 g/mol. The molecule has 0 saturated heterocycles. The monoisotopic (exact) mass is 262 g/mol. The molecule has 3 rings (SSSR count). The van der Waals surface area contributed by atoms with Gasteiger partial charge in [0.1, 0.15) is 10.6 Å². The predicted octanol–water partition coefficient (Wildman–Crippen LogP) is 3.18. The first kappa shape index (κ1) is 11.7. The molecule has 0 amide bonds. The first-order valence-electron chi connectivity index (χ1n) is 6.42. The van der Waals surface area contributed by atoms with Gasteiger partial charge in [0.25, 0.3) is 0 Å². The molecular weight excluding hydrogens is 244 g/mol. The second-order valence-electron chi connectivity index (χ2n) is 5.23. The summed E-state index contributed by atoms with van der Waals surface area (Å²) in [7, 11) is 0. The van der Waals surface area contributed by atoms with E-state index in [9.17, 15) is 0 Å². The lowest BCUT2D eigenvalue weighted by atomic mass is 10.1. The maximum Gasteiger partial charge on any atom is 0.223 e. The molecule has 3 N–H and O–H groups in total. The van der Waals surface area contributed by atoms with E-state index in [4.69, 9.17) is 5.73 Å². The van der Waals surface area contributed by atoms with Gasteiger partial charge >= 0.3 is 0 Å². The standard InChI is InChI=1S/C13H18N4S/c1-7(5-9-3-4-9)15-11-10-6-8(2)18-12(10)17-13(14)16-11/h6-7,9H,3-5H2,1-2H3,(H3,14,15,16,17). The highest BCUT2D eigenvalue weighted by Crippen LogP contribution is 2.35. The SMILES string of the molecule is Cc1cc2c(NC(C)CC3CC3)nc(N)nc2s1. The van der Waals surface area contributed by atoms with E-state index in [0.29, 0.717) is 12.0 Å². The number of fused-ring (bicyclic) bond motifs is 1. The van der Waals surface area contributed by atoms with Crippen LogP contribution >= 0.6 is 11.3 Å². The van der Waals surface area contributed by atoms with Crippen molar-refractivity contribution in [2.75, 3.05) is 11.1 Å². The smallest absolute Gasteiger partial charge is 0.223 e. The van der Waals surface area contributed by atoms with Crippen molar-refractivity contribution in [2.45, 2.75) is 39.2 Å². The van der Waals surface area contributed by atoms with E-state index in [-0.39, 0.29) is 0 Å². The van der Waals surface area contributed by atoms with Crippen LogP contribution in [0.3, 0.4) is 0 Å². The van der Waals surface area contributed by atoms with E-state index in [0.717, 1.165) is 22.0 Å². The van der Waals surface area contributed by atoms with E-state index >= 15 is 0 Å². The normalized spacial score (nSPS) is 17.0. The third-order valence-corrected chi connectivity index (χ3v) is 4.24. The van der Waals surface area contributed by atoms with Crippen LogP contribution in [0.5, 0.6) is 0 Å². The Kier molecular flexibility index (Phi) is 2.86. The van der Waals surface area contributed by atoms with Crippen LogP contribution in [0.25, 0.3) is 10.2 Å². The number of aromatic nitrogens is 2. The first-order valence-corrected chi connectivity index (χ1v) is 7.23. The van der Waals surface area contributed by atoms with Crippen molar-refractivity contribution in [3.05, 3.63) is 10.9 Å². The molecule has 1 atom stereocenters. The summed E-state index contributed by atoms with van der Waals surface area (Å²) in [4.78, 5) is 10.8. The Morgan fingerprint density at radius 1 is 1.50 bits per heavy atom. The van der Waals surface area contributed by atoms with Crippen molar-refractivity contribution in [3.63, 3.8) is 0 Å². The molecule has 1 saturated carbocycles. The Morgan fingerprint density at radius 3 is 3.00 bits per heavy atom. The lowest BCUT2D eigenvalue weighted by Crippen LogP contribution is -2.17. The van der Waals surface area contributed by atoms with Gasteiger partial charge in [-0.2, -0.15) is 4.98 Å². The van der Waals surface area contributed by atoms with Gasteiger partial charge in [0.15, 0.2) is 0 Å². The Labute approximate surface area is 111 Å². The zero-order valence-electron chi connectivity index (χ0n) is 10.7. The summed E-state index contributed by atoms with van der Waals surface area (Å²) in [6.07, 6.45) is 3.98. The molecule has 5 heteroatoms. The van der Waals surface area contributed by atoms with Crippen molar-refractivity contribution >= 4 is 33.3 Å². The molecule has 1 aliphatic carbocycles. The number of nitrogens with one attached hydrogen (secondary N) is 1. The van der Waals surface area contributed by atoms with Gasteiger partial charge in [0.05, 0.1) is 5.39 Å². The van der Waals surface area contributed by atoms with Crippen LogP contribution in [0, 0.1) is 12.8 Å². The molecule has 0 bridgehead atoms. The highest BCUT2D eigenvalue weighted by atomic mass is 32.1. The lowest BCUT2D eigenvalue weighted by Gasteiger charge is -2.14. The number of aryl methyl sites for hydroxylation is 1. The molecule has 0 aliphatic heterocycles. The Balaban J connectivity index is 1.88. The summed E-state index contributed by atoms with van der Waals surface area (Å²) in [6.45, 7) is 4.29. The fraction of sp³-hybridized carbons (Fsp3) is 0.538. The molecule has 96 valence electrons. The van der Waals surface area contributed by atoms with Gasteiger partial charge in [-0.05, 0) is 32.3 Å². The van der Waals surface area contributed by atoms with Gasteiger partial charge in [-0.25, -0.2) is 4.98 Å². The zero-order chi connectivity index (χ0) is 12.7. The van der Waals surface area contributed by atoms with Crippen molar-refractivity contribution in [2.24, 2.45) is 5.92 Å². The Hall–Kier alpha value is -1.36. The van der Waals surface area contributed by atoms with E-state index in [1.165, 1.54) is 24.1 Å². The van der Waals surface area contributed by atoms with Crippen LogP contribution in [-0.2, 0) is 0 Å². The van der Waals surface area contributed by atoms with Gasteiger partial charge in [-0.3, -0.25) is 0 Å². The Morgan fingerprint density at radius 2 is 2.28 bits per heavy atom. The van der Waals surface area contributed by atoms with Gasteiger partial charge in [-0.1, -0.05) is 12.8 Å². The minimum atomic E-state index is 0.352. The first-order chi connectivity index (χ1) is 8.61. The van der Waals surface area contributed by atoms with Crippen LogP contribution in [0.2, 0.25) is 0 Å². The molecule has 0 spiro atoms. The summed E-state index contributed by atoms with van der Waals surface area (Å²) in [6, 6.07) is 2.57. The average Bonchev–Trinajstić information content (AvgIpc) is 2.99. The molecule has 2 aromatic heterocycles. The minimum Gasteiger partial charge on any atom is -0.368 e. The number of nitrogen functional groups attached to an aromatic ring is 1. The van der Waals surface area contributed by atoms with Gasteiger partial charge < -0.3 is 11.1 Å². The van der Waals surface area contributed by atoms with Crippen LogP contribution < -0.4 is 11.1 Å². The third kappa shape index (κ3) is 2.41. The molecule has 1 fully saturated rings. The summed E-state index contributed by atoms with van der Waals surface area (Å²) in [5.41, 5.74) is 5.77. The van der Waals surface area contributed by atoms with Gasteiger partial charge in [0.2, 0.25) is 5.95 Å². The summed E-state index contributed by atoms with van der Waals surface area (Å²) in [5.74, 6) is 2.15. The van der Waals surface area contributed by atoms with E-state index in [2.05, 4.69) is 35.2 Å². The zero-order valence-corrected chi connectivity index (χ0v) is 11.5. The molecule has 2 aromatic rings. The summed E-state index contributed by atoms with van der Waals surface area (Å²) >= 11 is 1.66. The van der Waals surface area contributed by atoms with Crippen molar-refractivity contribution < 1.29 is 0 Å². The summed E-state index contributed by atoms with van der Waals surface area (Å²) < 4.78 is 0. The number of hydrogen-bond acceptors (Lipinski definition) is 5. The lowest BCUT2D eigenvalue weighted by molar-refractivity contribution is 0.641. The number of nitrogens with zero attached hydrogens (tertiary/aromatic N) is 2. The molecule has 0 aromatic carbocycles. The number of nitrogens with two attached hydrogens (primary N) is 1. The van der Waals surface area contributed by atoms with Gasteiger partial charge in [0, 0.05) is 10.9 Å². The second kappa shape index (κ2) is 4.39. The molecule has 0 radical (unpaired) electrons. The fourth-order valence-electron chi connectivity index (χ4n) is 2.31. The van der Waals surface area contributed by atoms with E-state index in [1.807, 2.05) is 0 Å². The molecule has 4 nitrogen and oxygen atoms in total. The maximum atomic E-state index is 5.77. The number of anilines is 2. The Bertz CT molecular complexity index is 574. The number of thiophene rings is 1. The summed E-state index contributed by atoms with van der Waals surface area (Å²) in [5, 5.41) is 4.58. The molecule has 1 unspecified atom stereocenters. The quantitative estimate of drug-likeness (QED) is 0.888. The van der Waals surface area contributed by atoms with Crippen LogP contribution in [0.4, 0.5) is 11.8 Å². The molecule has 1 aliphatic rings. The highest BCUT2D eigenvalue weighted by molar-refractivity contribution is 7.18. The van der Waals surface area contributed by atoms with Crippen molar-refractivity contribution in [1.82, 2.24) is 9.97 Å². The maximum absolute atomic E-state index is 5.77. The van der Waals surface area contributed by atoms with Crippen molar-refractivity contribution in [1.29, 1.82) is 0 Å². The molecule has 2 heterocycles. The topological polar surface area (TPSA) is 63.8 Å². The molecule has 18 heavy (non-hydrogen) atoms. The van der Waals surface area contributed by atoms with Gasteiger partial charge in [-0.15, -0.1) is 11.3 Å². The van der Waals surface area contributed by atoms with Crippen molar-refractivity contribution in [3.8, 4) is 0 Å². The highest BCUT2D eigenvalue weighted by Gasteiger charge is 2.24. The largest absolute Gasteiger partial charge is 0.368 e. The van der Waals surface area contributed by atoms with Crippen LogP contribution in [0.1, 0.15) is 31.1 Å². The van der Waals surface area contributed by atoms with E-state index < -0.39 is 0 Å². The predicted molar refractivity (Wildman–Crippen MR) is 77.0 cm³/mol. The number of hydrogen-bond donors (Lipinski definition) is 2. The second-order valence-corrected chi connectivity index (χ2v) is 6.47. The minimum absolute atomic E-state index is 0.352. The van der Waals surface area contributed by atoms with E-state index in [1.54, 1.807) is 11.3 Å². The third-order valence-electron chi connectivity index (χ3n) is 3.30. The molecular formula is C13H18N4S. The van der Waals surface area contributed by atoms with Crippen LogP contribution in [0.15, 0.2) is 6.07 Å². The number of rotatable bonds is 4. The van der Waals surface area contributed by atoms with Crippen LogP contribution in [-0.4, -0.2) is 16.0 Å².